The van der Waals surface area contributed by atoms with Gasteiger partial charge < -0.3 is 10.8 Å². The molecule has 0 saturated carbocycles. The molecule has 1 rings (SSSR count). The van der Waals surface area contributed by atoms with Crippen molar-refractivity contribution in [2.75, 3.05) is 5.73 Å². The molecule has 0 spiro atoms. The molecule has 1 aromatic carbocycles. The molecule has 1 aromatic rings. The number of aryl methyl sites for hydroxylation is 1. The van der Waals surface area contributed by atoms with Gasteiger partial charge in [-0.3, -0.25) is 0 Å². The number of carboxylic acid groups (broad SMARTS) is 1. The lowest BCUT2D eigenvalue weighted by Gasteiger charge is -2.06. The van der Waals surface area contributed by atoms with Crippen molar-refractivity contribution in [3.05, 3.63) is 27.7 Å². The minimum atomic E-state index is -0.971. The molecule has 0 radical (unpaired) electrons. The first kappa shape index (κ1) is 10.1. The second kappa shape index (κ2) is 3.79. The van der Waals surface area contributed by atoms with E-state index in [-0.39, 0.29) is 5.56 Å². The highest BCUT2D eigenvalue weighted by Crippen LogP contribution is 2.24. The Hall–Kier alpha value is -1.03. The summed E-state index contributed by atoms with van der Waals surface area (Å²) in [6.07, 6.45) is 0.796. The fourth-order valence-corrected chi connectivity index (χ4v) is 1.66. The minimum Gasteiger partial charge on any atom is -0.478 e. The average molecular weight is 244 g/mol. The number of aromatic carboxylic acids is 1. The molecule has 0 aliphatic heterocycles. The zero-order valence-electron chi connectivity index (χ0n) is 7.17. The third kappa shape index (κ3) is 2.01. The average Bonchev–Trinajstić information content (AvgIpc) is 2.07. The molecule has 0 atom stereocenters. The van der Waals surface area contributed by atoms with E-state index in [4.69, 9.17) is 10.8 Å². The number of nitrogen functional groups attached to an aromatic ring is 1. The Balaban J connectivity index is 3.28. The molecule has 0 fully saturated rings. The highest BCUT2D eigenvalue weighted by atomic mass is 79.9. The van der Waals surface area contributed by atoms with E-state index in [2.05, 4.69) is 15.9 Å². The Bertz CT molecular complexity index is 350. The maximum absolute atomic E-state index is 10.7. The second-order valence-electron chi connectivity index (χ2n) is 2.69. The zero-order valence-corrected chi connectivity index (χ0v) is 8.76. The van der Waals surface area contributed by atoms with Crippen LogP contribution in [0.4, 0.5) is 5.69 Å². The van der Waals surface area contributed by atoms with E-state index in [9.17, 15) is 4.79 Å². The van der Waals surface area contributed by atoms with E-state index in [1.807, 2.05) is 6.92 Å². The molecular formula is C9H10BrNO2. The Morgan fingerprint density at radius 1 is 1.62 bits per heavy atom. The quantitative estimate of drug-likeness (QED) is 0.784. The van der Waals surface area contributed by atoms with Crippen LogP contribution in [0.25, 0.3) is 0 Å². The third-order valence-electron chi connectivity index (χ3n) is 1.84. The Morgan fingerprint density at radius 3 is 2.69 bits per heavy atom. The molecule has 3 nitrogen and oxygen atoms in total. The molecule has 0 amide bonds. The Kier molecular flexibility index (Phi) is 2.93. The number of nitrogens with two attached hydrogens (primary N) is 1. The molecule has 0 unspecified atom stereocenters. The van der Waals surface area contributed by atoms with Crippen molar-refractivity contribution in [2.45, 2.75) is 13.3 Å². The van der Waals surface area contributed by atoms with E-state index >= 15 is 0 Å². The van der Waals surface area contributed by atoms with Crippen molar-refractivity contribution in [1.82, 2.24) is 0 Å². The summed E-state index contributed by atoms with van der Waals surface area (Å²) in [6, 6.07) is 3.23. The van der Waals surface area contributed by atoms with E-state index in [1.165, 1.54) is 6.07 Å². The van der Waals surface area contributed by atoms with Crippen LogP contribution in [0.5, 0.6) is 0 Å². The number of halogens is 1. The molecular weight excluding hydrogens is 234 g/mol. The predicted octanol–water partition coefficient (Wildman–Crippen LogP) is 2.29. The van der Waals surface area contributed by atoms with E-state index in [1.54, 1.807) is 6.07 Å². The van der Waals surface area contributed by atoms with Crippen LogP contribution >= 0.6 is 15.9 Å². The van der Waals surface area contributed by atoms with E-state index in [0.717, 1.165) is 12.0 Å². The first-order chi connectivity index (χ1) is 6.06. The van der Waals surface area contributed by atoms with Crippen molar-refractivity contribution in [3.63, 3.8) is 0 Å². The minimum absolute atomic E-state index is 0.203. The molecule has 0 bridgehead atoms. The van der Waals surface area contributed by atoms with Crippen molar-refractivity contribution < 1.29 is 9.90 Å². The first-order valence-electron chi connectivity index (χ1n) is 3.87. The van der Waals surface area contributed by atoms with Gasteiger partial charge >= 0.3 is 5.97 Å². The van der Waals surface area contributed by atoms with Gasteiger partial charge in [0, 0.05) is 10.2 Å². The van der Waals surface area contributed by atoms with Crippen LogP contribution in [0, 0.1) is 0 Å². The number of carbonyl (C=O) groups is 1. The summed E-state index contributed by atoms with van der Waals surface area (Å²) in [5.41, 5.74) is 7.34. The van der Waals surface area contributed by atoms with Crippen LogP contribution in [0.15, 0.2) is 16.6 Å². The van der Waals surface area contributed by atoms with Gasteiger partial charge in [-0.15, -0.1) is 0 Å². The molecule has 13 heavy (non-hydrogen) atoms. The Morgan fingerprint density at radius 2 is 2.23 bits per heavy atom. The van der Waals surface area contributed by atoms with Gasteiger partial charge in [0.25, 0.3) is 0 Å². The highest BCUT2D eigenvalue weighted by molar-refractivity contribution is 9.10. The fraction of sp³-hybridized carbons (Fsp3) is 0.222. The van der Waals surface area contributed by atoms with E-state index in [0.29, 0.717) is 10.2 Å². The largest absolute Gasteiger partial charge is 0.478 e. The topological polar surface area (TPSA) is 63.3 Å². The first-order valence-corrected chi connectivity index (χ1v) is 4.66. The Labute approximate surface area is 84.7 Å². The van der Waals surface area contributed by atoms with Crippen LogP contribution in [0.1, 0.15) is 22.8 Å². The number of anilines is 1. The van der Waals surface area contributed by atoms with Crippen LogP contribution in [0.2, 0.25) is 0 Å². The molecule has 0 aliphatic carbocycles. The smallest absolute Gasteiger partial charge is 0.336 e. The lowest BCUT2D eigenvalue weighted by Crippen LogP contribution is -2.02. The van der Waals surface area contributed by atoms with Crippen LogP contribution in [-0.4, -0.2) is 11.1 Å². The number of benzene rings is 1. The van der Waals surface area contributed by atoms with Crippen LogP contribution < -0.4 is 5.73 Å². The standard InChI is InChI=1S/C9H10BrNO2/c1-2-5-3-7(10)6(9(12)13)4-8(5)11/h3-4H,2,11H2,1H3,(H,12,13). The van der Waals surface area contributed by atoms with Crippen molar-refractivity contribution in [2.24, 2.45) is 0 Å². The van der Waals surface area contributed by atoms with Gasteiger partial charge in [-0.25, -0.2) is 4.79 Å². The van der Waals surface area contributed by atoms with E-state index < -0.39 is 5.97 Å². The summed E-state index contributed by atoms with van der Waals surface area (Å²) in [4.78, 5) is 10.7. The second-order valence-corrected chi connectivity index (χ2v) is 3.54. The summed E-state index contributed by atoms with van der Waals surface area (Å²) in [5, 5.41) is 8.77. The normalized spacial score (nSPS) is 10.0. The van der Waals surface area contributed by atoms with Gasteiger partial charge in [0.1, 0.15) is 0 Å². The van der Waals surface area contributed by atoms with Gasteiger partial charge in [-0.1, -0.05) is 6.92 Å². The van der Waals surface area contributed by atoms with Crippen molar-refractivity contribution in [1.29, 1.82) is 0 Å². The predicted molar refractivity (Wildman–Crippen MR) is 54.9 cm³/mol. The summed E-state index contributed by atoms with van der Waals surface area (Å²) >= 11 is 3.19. The van der Waals surface area contributed by atoms with Crippen molar-refractivity contribution in [3.8, 4) is 0 Å². The summed E-state index contributed by atoms with van der Waals surface area (Å²) in [6.45, 7) is 1.97. The number of hydrogen-bond acceptors (Lipinski definition) is 2. The number of hydrogen-bond donors (Lipinski definition) is 2. The van der Waals surface area contributed by atoms with Crippen molar-refractivity contribution >= 4 is 27.6 Å². The zero-order chi connectivity index (χ0) is 10.0. The monoisotopic (exact) mass is 243 g/mol. The maximum atomic E-state index is 10.7. The van der Waals surface area contributed by atoms with Gasteiger partial charge in [0.15, 0.2) is 0 Å². The summed E-state index contributed by atoms with van der Waals surface area (Å²) in [5.74, 6) is -0.971. The number of rotatable bonds is 2. The van der Waals surface area contributed by atoms with Gasteiger partial charge in [-0.2, -0.15) is 0 Å². The van der Waals surface area contributed by atoms with Gasteiger partial charge in [0.2, 0.25) is 0 Å². The van der Waals surface area contributed by atoms with Gasteiger partial charge in [0.05, 0.1) is 5.56 Å². The number of carboxylic acids is 1. The molecule has 70 valence electrons. The van der Waals surface area contributed by atoms with Crippen LogP contribution in [0.3, 0.4) is 0 Å². The molecule has 0 aromatic heterocycles. The highest BCUT2D eigenvalue weighted by Gasteiger charge is 2.10. The summed E-state index contributed by atoms with van der Waals surface area (Å²) < 4.78 is 0.575. The maximum Gasteiger partial charge on any atom is 0.336 e. The molecule has 0 saturated heterocycles. The fourth-order valence-electron chi connectivity index (χ4n) is 1.10. The lowest BCUT2D eigenvalue weighted by atomic mass is 10.1. The molecule has 3 N–H and O–H groups in total. The SMILES string of the molecule is CCc1cc(Br)c(C(=O)O)cc1N. The molecule has 0 heterocycles. The van der Waals surface area contributed by atoms with Crippen LogP contribution in [-0.2, 0) is 6.42 Å². The lowest BCUT2D eigenvalue weighted by molar-refractivity contribution is 0.0696. The third-order valence-corrected chi connectivity index (χ3v) is 2.50. The van der Waals surface area contributed by atoms with Gasteiger partial charge in [-0.05, 0) is 40.0 Å². The molecule has 4 heteroatoms. The molecule has 0 aliphatic rings. The summed E-state index contributed by atoms with van der Waals surface area (Å²) in [7, 11) is 0.